The summed E-state index contributed by atoms with van der Waals surface area (Å²) in [6.07, 6.45) is 0. The van der Waals surface area contributed by atoms with Gasteiger partial charge >= 0.3 is 0 Å². The van der Waals surface area contributed by atoms with Crippen LogP contribution in [-0.2, 0) is 12.1 Å². The van der Waals surface area contributed by atoms with E-state index in [1.807, 2.05) is 24.3 Å². The standard InChI is InChI=1S/C14H21N3O/c1-4-15-14(2,3)13-16-11-7-5-6-8-12(11)17(13)9-10-18/h5-8,15,18H,4,9-10H2,1-3H3. The van der Waals surface area contributed by atoms with Crippen molar-refractivity contribution in [1.82, 2.24) is 14.9 Å². The largest absolute Gasteiger partial charge is 0.395 e. The number of rotatable bonds is 5. The Bertz CT molecular complexity index is 531. The zero-order chi connectivity index (χ0) is 13.2. The molecule has 0 spiro atoms. The van der Waals surface area contributed by atoms with E-state index in [-0.39, 0.29) is 12.1 Å². The average molecular weight is 247 g/mol. The van der Waals surface area contributed by atoms with E-state index < -0.39 is 0 Å². The van der Waals surface area contributed by atoms with Gasteiger partial charge in [-0.3, -0.25) is 0 Å². The molecule has 0 saturated heterocycles. The Balaban J connectivity index is 2.58. The van der Waals surface area contributed by atoms with Gasteiger partial charge in [0.15, 0.2) is 0 Å². The molecule has 98 valence electrons. The van der Waals surface area contributed by atoms with E-state index in [2.05, 4.69) is 30.7 Å². The summed E-state index contributed by atoms with van der Waals surface area (Å²) in [6, 6.07) is 8.04. The highest BCUT2D eigenvalue weighted by molar-refractivity contribution is 5.76. The molecule has 0 bridgehead atoms. The van der Waals surface area contributed by atoms with Crippen LogP contribution in [0, 0.1) is 0 Å². The summed E-state index contributed by atoms with van der Waals surface area (Å²) in [4.78, 5) is 4.71. The maximum absolute atomic E-state index is 9.25. The zero-order valence-electron chi connectivity index (χ0n) is 11.3. The summed E-state index contributed by atoms with van der Waals surface area (Å²) in [7, 11) is 0. The number of aromatic nitrogens is 2. The fraction of sp³-hybridized carbons (Fsp3) is 0.500. The fourth-order valence-electron chi connectivity index (χ4n) is 2.40. The van der Waals surface area contributed by atoms with Gasteiger partial charge in [0.25, 0.3) is 0 Å². The van der Waals surface area contributed by atoms with E-state index in [4.69, 9.17) is 4.98 Å². The van der Waals surface area contributed by atoms with Crippen molar-refractivity contribution in [3.05, 3.63) is 30.1 Å². The number of benzene rings is 1. The molecule has 0 saturated carbocycles. The molecule has 0 radical (unpaired) electrons. The predicted molar refractivity (Wildman–Crippen MR) is 73.5 cm³/mol. The van der Waals surface area contributed by atoms with Gasteiger partial charge in [-0.1, -0.05) is 19.1 Å². The van der Waals surface area contributed by atoms with Crippen LogP contribution < -0.4 is 5.32 Å². The van der Waals surface area contributed by atoms with Crippen molar-refractivity contribution in [3.63, 3.8) is 0 Å². The average Bonchev–Trinajstić information content (AvgIpc) is 2.70. The van der Waals surface area contributed by atoms with E-state index in [1.165, 1.54) is 0 Å². The van der Waals surface area contributed by atoms with E-state index in [0.29, 0.717) is 6.54 Å². The monoisotopic (exact) mass is 247 g/mol. The first-order chi connectivity index (χ1) is 8.60. The van der Waals surface area contributed by atoms with E-state index in [9.17, 15) is 5.11 Å². The molecule has 0 aliphatic rings. The molecule has 18 heavy (non-hydrogen) atoms. The number of aliphatic hydroxyl groups excluding tert-OH is 1. The molecule has 4 nitrogen and oxygen atoms in total. The summed E-state index contributed by atoms with van der Waals surface area (Å²) in [5, 5.41) is 12.7. The van der Waals surface area contributed by atoms with Gasteiger partial charge in [0.1, 0.15) is 5.82 Å². The first-order valence-corrected chi connectivity index (χ1v) is 6.41. The van der Waals surface area contributed by atoms with Gasteiger partial charge < -0.3 is 15.0 Å². The minimum Gasteiger partial charge on any atom is -0.395 e. The van der Waals surface area contributed by atoms with Gasteiger partial charge in [-0.25, -0.2) is 4.98 Å². The summed E-state index contributed by atoms with van der Waals surface area (Å²) in [5.74, 6) is 0.972. The van der Waals surface area contributed by atoms with Gasteiger partial charge in [-0.15, -0.1) is 0 Å². The van der Waals surface area contributed by atoms with E-state index in [1.54, 1.807) is 0 Å². The molecule has 0 fully saturated rings. The predicted octanol–water partition coefficient (Wildman–Crippen LogP) is 1.87. The highest BCUT2D eigenvalue weighted by Gasteiger charge is 2.26. The van der Waals surface area contributed by atoms with Crippen LogP contribution >= 0.6 is 0 Å². The Labute approximate surface area is 108 Å². The Morgan fingerprint density at radius 1 is 1.33 bits per heavy atom. The summed E-state index contributed by atoms with van der Waals surface area (Å²) in [6.45, 7) is 7.90. The second kappa shape index (κ2) is 5.08. The van der Waals surface area contributed by atoms with Crippen LogP contribution in [0.4, 0.5) is 0 Å². The fourth-order valence-corrected chi connectivity index (χ4v) is 2.40. The first kappa shape index (κ1) is 13.1. The van der Waals surface area contributed by atoms with Crippen molar-refractivity contribution >= 4 is 11.0 Å². The number of imidazole rings is 1. The van der Waals surface area contributed by atoms with Crippen molar-refractivity contribution in [2.45, 2.75) is 32.9 Å². The third kappa shape index (κ3) is 2.26. The van der Waals surface area contributed by atoms with E-state index >= 15 is 0 Å². The molecule has 2 aromatic rings. The minimum atomic E-state index is -0.205. The second-order valence-electron chi connectivity index (χ2n) is 4.95. The highest BCUT2D eigenvalue weighted by Crippen LogP contribution is 2.24. The van der Waals surface area contributed by atoms with Crippen molar-refractivity contribution in [3.8, 4) is 0 Å². The molecule has 0 atom stereocenters. The first-order valence-electron chi connectivity index (χ1n) is 6.41. The molecule has 0 amide bonds. The third-order valence-electron chi connectivity index (χ3n) is 3.16. The Kier molecular flexibility index (Phi) is 3.68. The number of hydrogen-bond acceptors (Lipinski definition) is 3. The van der Waals surface area contributed by atoms with Crippen LogP contribution in [0.5, 0.6) is 0 Å². The van der Waals surface area contributed by atoms with Crippen LogP contribution in [0.25, 0.3) is 11.0 Å². The Morgan fingerprint density at radius 2 is 2.06 bits per heavy atom. The van der Waals surface area contributed by atoms with Crippen molar-refractivity contribution in [2.75, 3.05) is 13.2 Å². The molecule has 1 heterocycles. The molecule has 1 aromatic carbocycles. The van der Waals surface area contributed by atoms with E-state index in [0.717, 1.165) is 23.4 Å². The van der Waals surface area contributed by atoms with Crippen LogP contribution in [0.2, 0.25) is 0 Å². The smallest absolute Gasteiger partial charge is 0.129 e. The number of aliphatic hydroxyl groups is 1. The van der Waals surface area contributed by atoms with Gasteiger partial charge in [-0.2, -0.15) is 0 Å². The second-order valence-corrected chi connectivity index (χ2v) is 4.95. The van der Waals surface area contributed by atoms with Gasteiger partial charge in [0.2, 0.25) is 0 Å². The SMILES string of the molecule is CCNC(C)(C)c1nc2ccccc2n1CCO. The molecule has 2 rings (SSSR count). The molecule has 2 N–H and O–H groups in total. The maximum atomic E-state index is 9.25. The summed E-state index contributed by atoms with van der Waals surface area (Å²) >= 11 is 0. The number of nitrogens with one attached hydrogen (secondary N) is 1. The maximum Gasteiger partial charge on any atom is 0.129 e. The molecular formula is C14H21N3O. The minimum absolute atomic E-state index is 0.121. The van der Waals surface area contributed by atoms with Crippen molar-refractivity contribution in [1.29, 1.82) is 0 Å². The summed E-state index contributed by atoms with van der Waals surface area (Å²) < 4.78 is 2.10. The number of para-hydroxylation sites is 2. The molecule has 1 aromatic heterocycles. The lowest BCUT2D eigenvalue weighted by Crippen LogP contribution is -2.39. The number of fused-ring (bicyclic) bond motifs is 1. The van der Waals surface area contributed by atoms with Crippen LogP contribution in [0.15, 0.2) is 24.3 Å². The molecular weight excluding hydrogens is 226 g/mol. The third-order valence-corrected chi connectivity index (χ3v) is 3.16. The quantitative estimate of drug-likeness (QED) is 0.848. The topological polar surface area (TPSA) is 50.1 Å². The molecule has 0 unspecified atom stereocenters. The highest BCUT2D eigenvalue weighted by atomic mass is 16.3. The normalized spacial score (nSPS) is 12.2. The van der Waals surface area contributed by atoms with Crippen molar-refractivity contribution in [2.24, 2.45) is 0 Å². The van der Waals surface area contributed by atoms with Crippen LogP contribution in [0.1, 0.15) is 26.6 Å². The molecule has 4 heteroatoms. The Morgan fingerprint density at radius 3 is 2.72 bits per heavy atom. The molecule has 0 aliphatic heterocycles. The lowest BCUT2D eigenvalue weighted by Gasteiger charge is -2.26. The lowest BCUT2D eigenvalue weighted by molar-refractivity contribution is 0.269. The van der Waals surface area contributed by atoms with Crippen LogP contribution in [0.3, 0.4) is 0 Å². The number of hydrogen-bond donors (Lipinski definition) is 2. The van der Waals surface area contributed by atoms with Crippen molar-refractivity contribution < 1.29 is 5.11 Å². The number of nitrogens with zero attached hydrogens (tertiary/aromatic N) is 2. The zero-order valence-corrected chi connectivity index (χ0v) is 11.3. The van der Waals surface area contributed by atoms with Gasteiger partial charge in [0.05, 0.1) is 23.2 Å². The lowest BCUT2D eigenvalue weighted by atomic mass is 10.0. The van der Waals surface area contributed by atoms with Gasteiger partial charge in [-0.05, 0) is 32.5 Å². The van der Waals surface area contributed by atoms with Crippen LogP contribution in [-0.4, -0.2) is 27.8 Å². The van der Waals surface area contributed by atoms with Gasteiger partial charge in [0, 0.05) is 6.54 Å². The summed E-state index contributed by atoms with van der Waals surface area (Å²) in [5.41, 5.74) is 1.85. The molecule has 0 aliphatic carbocycles. The Hall–Kier alpha value is -1.39.